The van der Waals surface area contributed by atoms with Gasteiger partial charge in [0.25, 0.3) is 0 Å². The van der Waals surface area contributed by atoms with Crippen LogP contribution < -0.4 is 0 Å². The molecule has 2 nitrogen and oxygen atoms in total. The number of nitrogens with zero attached hydrogens (tertiary/aromatic N) is 1. The van der Waals surface area contributed by atoms with E-state index in [1.54, 1.807) is 0 Å². The molecule has 1 saturated carbocycles. The number of likely N-dealkylation sites (tertiary alicyclic amines) is 1. The van der Waals surface area contributed by atoms with E-state index >= 15 is 0 Å². The summed E-state index contributed by atoms with van der Waals surface area (Å²) in [5, 5.41) is 11.7. The summed E-state index contributed by atoms with van der Waals surface area (Å²) in [6, 6.07) is 19.2. The van der Waals surface area contributed by atoms with Crippen LogP contribution in [0.1, 0.15) is 30.4 Å². The first kappa shape index (κ1) is 16.6. The number of fused-ring (bicyclic) bond motifs is 2. The molecule has 1 unspecified atom stereocenters. The second-order valence-electron chi connectivity index (χ2n) is 7.34. The molecule has 0 aromatic heterocycles. The van der Waals surface area contributed by atoms with Crippen LogP contribution >= 0.6 is 22.6 Å². The Morgan fingerprint density at radius 1 is 1.00 bits per heavy atom. The predicted octanol–water partition coefficient (Wildman–Crippen LogP) is 4.41. The standard InChI is InChI=1S/C21H24INO/c22-20-11-5-8-17(12-20)21(24)18-9-4-10-19(21)15-23(14-18)13-16-6-2-1-3-7-16/h1-3,5-8,11-12,18-19,24H,4,9-10,13-15H2/t18-,19?,21+/m0/s1. The van der Waals surface area contributed by atoms with Crippen molar-refractivity contribution in [2.45, 2.75) is 31.4 Å². The quantitative estimate of drug-likeness (QED) is 0.725. The zero-order valence-corrected chi connectivity index (χ0v) is 16.0. The van der Waals surface area contributed by atoms with Crippen LogP contribution in [-0.2, 0) is 12.1 Å². The first-order valence-electron chi connectivity index (χ1n) is 8.91. The molecule has 3 atom stereocenters. The van der Waals surface area contributed by atoms with Gasteiger partial charge in [0.2, 0.25) is 0 Å². The molecule has 2 aliphatic rings. The monoisotopic (exact) mass is 433 g/mol. The third-order valence-corrected chi connectivity index (χ3v) is 6.51. The van der Waals surface area contributed by atoms with Gasteiger partial charge < -0.3 is 5.11 Å². The maximum absolute atomic E-state index is 11.7. The van der Waals surface area contributed by atoms with Crippen molar-refractivity contribution in [2.75, 3.05) is 13.1 Å². The van der Waals surface area contributed by atoms with Crippen LogP contribution in [0, 0.1) is 15.4 Å². The molecule has 1 N–H and O–H groups in total. The largest absolute Gasteiger partial charge is 0.384 e. The number of hydrogen-bond donors (Lipinski definition) is 1. The van der Waals surface area contributed by atoms with E-state index in [1.165, 1.54) is 15.6 Å². The van der Waals surface area contributed by atoms with Crippen LogP contribution in [0.15, 0.2) is 54.6 Å². The van der Waals surface area contributed by atoms with E-state index in [1.807, 2.05) is 0 Å². The summed E-state index contributed by atoms with van der Waals surface area (Å²) in [5.41, 5.74) is 1.85. The van der Waals surface area contributed by atoms with Crippen molar-refractivity contribution in [3.63, 3.8) is 0 Å². The van der Waals surface area contributed by atoms with Crippen molar-refractivity contribution in [2.24, 2.45) is 11.8 Å². The lowest BCUT2D eigenvalue weighted by Crippen LogP contribution is -2.57. The maximum Gasteiger partial charge on any atom is 0.0977 e. The first-order chi connectivity index (χ1) is 11.7. The summed E-state index contributed by atoms with van der Waals surface area (Å²) in [6.45, 7) is 2.98. The van der Waals surface area contributed by atoms with Crippen LogP contribution in [0.2, 0.25) is 0 Å². The van der Waals surface area contributed by atoms with E-state index in [4.69, 9.17) is 0 Å². The van der Waals surface area contributed by atoms with Gasteiger partial charge in [-0.15, -0.1) is 0 Å². The van der Waals surface area contributed by atoms with Crippen LogP contribution in [0.25, 0.3) is 0 Å². The molecule has 1 saturated heterocycles. The van der Waals surface area contributed by atoms with Crippen LogP contribution in [0.5, 0.6) is 0 Å². The lowest BCUT2D eigenvalue weighted by Gasteiger charge is -2.53. The fraction of sp³-hybridized carbons (Fsp3) is 0.429. The van der Waals surface area contributed by atoms with Crippen molar-refractivity contribution >= 4 is 22.6 Å². The average Bonchev–Trinajstić information content (AvgIpc) is 2.57. The van der Waals surface area contributed by atoms with Crippen LogP contribution in [0.3, 0.4) is 0 Å². The van der Waals surface area contributed by atoms with Gasteiger partial charge >= 0.3 is 0 Å². The number of aliphatic hydroxyl groups is 1. The van der Waals surface area contributed by atoms with Gasteiger partial charge in [0.1, 0.15) is 0 Å². The second-order valence-corrected chi connectivity index (χ2v) is 8.59. The van der Waals surface area contributed by atoms with Gasteiger partial charge in [0.15, 0.2) is 0 Å². The minimum atomic E-state index is -0.646. The summed E-state index contributed by atoms with van der Waals surface area (Å²) in [4.78, 5) is 2.55. The normalized spacial score (nSPS) is 30.2. The number of benzene rings is 2. The Labute approximate surface area is 158 Å². The van der Waals surface area contributed by atoms with E-state index in [0.29, 0.717) is 11.8 Å². The van der Waals surface area contributed by atoms with E-state index < -0.39 is 5.60 Å². The molecule has 0 spiro atoms. The highest BCUT2D eigenvalue weighted by Gasteiger charge is 2.51. The SMILES string of the molecule is O[C@@]1(c2cccc(I)c2)C2CCC[C@H]1CN(Cc1ccccc1)C2. The van der Waals surface area contributed by atoms with Crippen LogP contribution in [-0.4, -0.2) is 23.1 Å². The Bertz CT molecular complexity index is 688. The molecule has 0 radical (unpaired) electrons. The highest BCUT2D eigenvalue weighted by Crippen LogP contribution is 2.49. The van der Waals surface area contributed by atoms with Gasteiger partial charge in [0, 0.05) is 35.0 Å². The van der Waals surface area contributed by atoms with Gasteiger partial charge in [-0.1, -0.05) is 48.9 Å². The van der Waals surface area contributed by atoms with Crippen molar-refractivity contribution < 1.29 is 5.11 Å². The predicted molar refractivity (Wildman–Crippen MR) is 106 cm³/mol. The smallest absolute Gasteiger partial charge is 0.0977 e. The molecule has 2 aromatic carbocycles. The third kappa shape index (κ3) is 3.02. The molecular weight excluding hydrogens is 409 g/mol. The highest BCUT2D eigenvalue weighted by atomic mass is 127. The zero-order valence-electron chi connectivity index (χ0n) is 13.9. The Kier molecular flexibility index (Phi) is 4.67. The summed E-state index contributed by atoms with van der Waals surface area (Å²) in [7, 11) is 0. The van der Waals surface area contributed by atoms with Crippen molar-refractivity contribution in [3.05, 3.63) is 69.3 Å². The van der Waals surface area contributed by atoms with E-state index in [0.717, 1.165) is 38.0 Å². The zero-order chi connectivity index (χ0) is 16.6. The Morgan fingerprint density at radius 3 is 2.38 bits per heavy atom. The molecule has 24 heavy (non-hydrogen) atoms. The molecule has 2 aromatic rings. The molecule has 0 amide bonds. The van der Waals surface area contributed by atoms with Gasteiger partial charge in [-0.25, -0.2) is 0 Å². The van der Waals surface area contributed by atoms with E-state index in [-0.39, 0.29) is 0 Å². The lowest BCUT2D eigenvalue weighted by atomic mass is 9.62. The summed E-state index contributed by atoms with van der Waals surface area (Å²) in [6.07, 6.45) is 3.51. The number of hydrogen-bond acceptors (Lipinski definition) is 2. The topological polar surface area (TPSA) is 23.5 Å². The van der Waals surface area contributed by atoms with E-state index in [9.17, 15) is 5.11 Å². The molecule has 3 heteroatoms. The van der Waals surface area contributed by atoms with Crippen molar-refractivity contribution in [3.8, 4) is 0 Å². The van der Waals surface area contributed by atoms with Crippen molar-refractivity contribution in [1.29, 1.82) is 0 Å². The molecule has 1 aliphatic carbocycles. The molecule has 2 bridgehead atoms. The Balaban J connectivity index is 1.59. The van der Waals surface area contributed by atoms with Gasteiger partial charge in [-0.3, -0.25) is 4.90 Å². The van der Waals surface area contributed by atoms with Gasteiger partial charge in [0.05, 0.1) is 5.60 Å². The fourth-order valence-electron chi connectivity index (χ4n) is 4.72. The molecule has 2 fully saturated rings. The first-order valence-corrected chi connectivity index (χ1v) is 9.99. The lowest BCUT2D eigenvalue weighted by molar-refractivity contribution is -0.148. The summed E-state index contributed by atoms with van der Waals surface area (Å²) < 4.78 is 1.21. The van der Waals surface area contributed by atoms with Crippen molar-refractivity contribution in [1.82, 2.24) is 4.90 Å². The molecular formula is C21H24INO. The summed E-state index contributed by atoms with van der Waals surface area (Å²) >= 11 is 2.35. The van der Waals surface area contributed by atoms with E-state index in [2.05, 4.69) is 82.1 Å². The van der Waals surface area contributed by atoms with Gasteiger partial charge in [-0.05, 0) is 58.7 Å². The fourth-order valence-corrected chi connectivity index (χ4v) is 5.27. The maximum atomic E-state index is 11.7. The summed E-state index contributed by atoms with van der Waals surface area (Å²) in [5.74, 6) is 0.679. The molecule has 4 rings (SSSR count). The minimum Gasteiger partial charge on any atom is -0.384 e. The molecule has 1 aliphatic heterocycles. The highest BCUT2D eigenvalue weighted by molar-refractivity contribution is 14.1. The minimum absolute atomic E-state index is 0.340. The second kappa shape index (κ2) is 6.77. The van der Waals surface area contributed by atoms with Gasteiger partial charge in [-0.2, -0.15) is 0 Å². The number of halogens is 1. The Hall–Kier alpha value is -0.910. The molecule has 126 valence electrons. The average molecular weight is 433 g/mol. The molecule has 1 heterocycles. The Morgan fingerprint density at radius 2 is 1.71 bits per heavy atom. The van der Waals surface area contributed by atoms with Crippen LogP contribution in [0.4, 0.5) is 0 Å². The third-order valence-electron chi connectivity index (χ3n) is 5.84. The number of rotatable bonds is 3. The number of piperidine rings is 1.